The molecule has 10 heteroatoms. The van der Waals surface area contributed by atoms with E-state index in [2.05, 4.69) is 10.6 Å². The highest BCUT2D eigenvalue weighted by Crippen LogP contribution is 2.40. The summed E-state index contributed by atoms with van der Waals surface area (Å²) in [5.74, 6) is 0.0489. The van der Waals surface area contributed by atoms with Gasteiger partial charge in [-0.2, -0.15) is 17.5 Å². The Morgan fingerprint density at radius 2 is 1.93 bits per heavy atom. The monoisotopic (exact) mass is 445 g/mol. The van der Waals surface area contributed by atoms with Gasteiger partial charge in [-0.3, -0.25) is 4.79 Å². The number of carbonyl (C=O) groups excluding carboxylic acids is 1. The number of carbonyl (C=O) groups is 1. The second-order valence-electron chi connectivity index (χ2n) is 8.47. The van der Waals surface area contributed by atoms with Gasteiger partial charge in [0.25, 0.3) is 0 Å². The Hall–Kier alpha value is -1.65. The first kappa shape index (κ1) is 21.6. The molecular formula is C20H26F3N3O3S. The van der Waals surface area contributed by atoms with Gasteiger partial charge in [-0.15, -0.1) is 0 Å². The quantitative estimate of drug-likeness (QED) is 0.746. The van der Waals surface area contributed by atoms with Gasteiger partial charge >= 0.3 is 6.18 Å². The van der Waals surface area contributed by atoms with E-state index >= 15 is 0 Å². The number of benzene rings is 1. The predicted octanol–water partition coefficient (Wildman–Crippen LogP) is 2.36. The van der Waals surface area contributed by atoms with Gasteiger partial charge in [-0.05, 0) is 62.3 Å². The number of rotatable bonds is 4. The zero-order valence-electron chi connectivity index (χ0n) is 16.5. The molecule has 3 aliphatic rings. The fraction of sp³-hybridized carbons (Fsp3) is 0.650. The first-order valence-corrected chi connectivity index (χ1v) is 11.8. The zero-order chi connectivity index (χ0) is 21.5. The van der Waals surface area contributed by atoms with E-state index in [0.29, 0.717) is 6.07 Å². The molecule has 2 saturated heterocycles. The van der Waals surface area contributed by atoms with Crippen LogP contribution in [0.1, 0.15) is 37.7 Å². The number of hydrogen-bond donors (Lipinski definition) is 2. The van der Waals surface area contributed by atoms with Gasteiger partial charge in [-0.25, -0.2) is 8.42 Å². The van der Waals surface area contributed by atoms with Crippen LogP contribution in [0.25, 0.3) is 0 Å². The lowest BCUT2D eigenvalue weighted by Crippen LogP contribution is -2.51. The molecule has 3 fully saturated rings. The minimum absolute atomic E-state index is 0.0156. The molecule has 166 valence electrons. The van der Waals surface area contributed by atoms with Gasteiger partial charge in [-0.1, -0.05) is 12.5 Å². The van der Waals surface area contributed by atoms with Gasteiger partial charge in [0.15, 0.2) is 0 Å². The van der Waals surface area contributed by atoms with Crippen LogP contribution >= 0.6 is 0 Å². The summed E-state index contributed by atoms with van der Waals surface area (Å²) in [4.78, 5) is 12.2. The molecule has 4 atom stereocenters. The Balaban J connectivity index is 1.45. The molecule has 1 aliphatic carbocycles. The van der Waals surface area contributed by atoms with Crippen molar-refractivity contribution in [2.24, 2.45) is 11.8 Å². The topological polar surface area (TPSA) is 78.5 Å². The highest BCUT2D eigenvalue weighted by atomic mass is 32.2. The summed E-state index contributed by atoms with van der Waals surface area (Å²) in [5.41, 5.74) is -0.979. The fourth-order valence-corrected chi connectivity index (χ4v) is 6.52. The Bertz CT molecular complexity index is 900. The van der Waals surface area contributed by atoms with Crippen LogP contribution in [0.5, 0.6) is 0 Å². The number of amides is 1. The van der Waals surface area contributed by atoms with E-state index in [1.54, 1.807) is 0 Å². The number of hydrogen-bond acceptors (Lipinski definition) is 4. The average molecular weight is 446 g/mol. The summed E-state index contributed by atoms with van der Waals surface area (Å²) in [5, 5.41) is 6.30. The normalized spacial score (nSPS) is 30.2. The molecule has 30 heavy (non-hydrogen) atoms. The van der Waals surface area contributed by atoms with Crippen molar-refractivity contribution in [2.75, 3.05) is 19.6 Å². The average Bonchev–Trinajstić information content (AvgIpc) is 3.30. The van der Waals surface area contributed by atoms with Gasteiger partial charge in [0, 0.05) is 19.1 Å². The number of halogens is 3. The molecule has 4 rings (SSSR count). The van der Waals surface area contributed by atoms with Crippen LogP contribution in [0.3, 0.4) is 0 Å². The fourth-order valence-electron chi connectivity index (χ4n) is 4.94. The first-order valence-electron chi connectivity index (χ1n) is 10.4. The van der Waals surface area contributed by atoms with E-state index in [9.17, 15) is 26.4 Å². The van der Waals surface area contributed by atoms with Gasteiger partial charge < -0.3 is 10.6 Å². The molecule has 2 aliphatic heterocycles. The van der Waals surface area contributed by atoms with Gasteiger partial charge in [0.2, 0.25) is 15.9 Å². The van der Waals surface area contributed by atoms with Crippen LogP contribution < -0.4 is 10.6 Å². The summed E-state index contributed by atoms with van der Waals surface area (Å²) in [6, 6.07) is 3.57. The van der Waals surface area contributed by atoms with E-state index in [1.807, 2.05) is 0 Å². The van der Waals surface area contributed by atoms with Gasteiger partial charge in [0.05, 0.1) is 16.5 Å². The van der Waals surface area contributed by atoms with E-state index in [-0.39, 0.29) is 47.8 Å². The maximum atomic E-state index is 13.0. The molecule has 1 amide bonds. The number of nitrogens with zero attached hydrogens (tertiary/aromatic N) is 1. The number of alkyl halides is 3. The van der Waals surface area contributed by atoms with Crippen molar-refractivity contribution in [3.05, 3.63) is 29.8 Å². The number of fused-ring (bicyclic) bond motifs is 1. The Kier molecular flexibility index (Phi) is 5.84. The number of nitrogens with one attached hydrogen (secondary N) is 2. The summed E-state index contributed by atoms with van der Waals surface area (Å²) >= 11 is 0. The van der Waals surface area contributed by atoms with E-state index in [0.717, 1.165) is 50.8 Å². The lowest BCUT2D eigenvalue weighted by molar-refractivity contribution is -0.137. The molecule has 0 radical (unpaired) electrons. The third kappa shape index (κ3) is 4.22. The third-order valence-electron chi connectivity index (χ3n) is 6.58. The van der Waals surface area contributed by atoms with E-state index < -0.39 is 21.8 Å². The Morgan fingerprint density at radius 3 is 2.63 bits per heavy atom. The Morgan fingerprint density at radius 1 is 1.13 bits per heavy atom. The van der Waals surface area contributed by atoms with Crippen molar-refractivity contribution in [3.8, 4) is 0 Å². The van der Waals surface area contributed by atoms with Crippen LogP contribution in [0.4, 0.5) is 13.2 Å². The van der Waals surface area contributed by atoms with Crippen LogP contribution in [0, 0.1) is 11.8 Å². The molecule has 1 aromatic carbocycles. The van der Waals surface area contributed by atoms with Crippen molar-refractivity contribution in [1.82, 2.24) is 14.9 Å². The van der Waals surface area contributed by atoms with Gasteiger partial charge in [0.1, 0.15) is 0 Å². The highest BCUT2D eigenvalue weighted by Gasteiger charge is 2.47. The Labute approximate surface area is 174 Å². The largest absolute Gasteiger partial charge is 0.416 e. The first-order chi connectivity index (χ1) is 14.2. The smallest absolute Gasteiger partial charge is 0.352 e. The summed E-state index contributed by atoms with van der Waals surface area (Å²) in [7, 11) is -4.03. The standard InChI is InChI=1S/C20H26F3N3O3S/c21-20(22,23)14-4-3-5-15(10-14)30(28,29)26-11-13-7-8-17(16(13)12-26)25-19(27)18-6-1-2-9-24-18/h3-5,10,13,16-18,24H,1-2,6-9,11-12H2,(H,25,27)/t13-,16+,17+,18+/m1/s1. The summed E-state index contributed by atoms with van der Waals surface area (Å²) in [6.07, 6.45) is -0.156. The minimum atomic E-state index is -4.60. The van der Waals surface area contributed by atoms with Crippen LogP contribution in [-0.4, -0.2) is 50.3 Å². The summed E-state index contributed by atoms with van der Waals surface area (Å²) in [6.45, 7) is 1.31. The predicted molar refractivity (Wildman–Crippen MR) is 104 cm³/mol. The molecule has 0 bridgehead atoms. The lowest BCUT2D eigenvalue weighted by atomic mass is 9.97. The van der Waals surface area contributed by atoms with Crippen molar-refractivity contribution < 1.29 is 26.4 Å². The van der Waals surface area contributed by atoms with E-state index in [4.69, 9.17) is 0 Å². The third-order valence-corrected chi connectivity index (χ3v) is 8.40. The second kappa shape index (κ2) is 8.12. The molecule has 2 N–H and O–H groups in total. The van der Waals surface area contributed by atoms with Crippen LogP contribution in [0.2, 0.25) is 0 Å². The minimum Gasteiger partial charge on any atom is -0.352 e. The van der Waals surface area contributed by atoms with E-state index in [1.165, 1.54) is 10.4 Å². The summed E-state index contributed by atoms with van der Waals surface area (Å²) < 4.78 is 66.2. The van der Waals surface area contributed by atoms with Crippen LogP contribution in [0.15, 0.2) is 29.2 Å². The van der Waals surface area contributed by atoms with Crippen molar-refractivity contribution in [1.29, 1.82) is 0 Å². The zero-order valence-corrected chi connectivity index (χ0v) is 17.3. The second-order valence-corrected chi connectivity index (χ2v) is 10.4. The maximum absolute atomic E-state index is 13.0. The maximum Gasteiger partial charge on any atom is 0.416 e. The molecule has 6 nitrogen and oxygen atoms in total. The lowest BCUT2D eigenvalue weighted by Gasteiger charge is -2.27. The number of piperidine rings is 1. The molecule has 0 aromatic heterocycles. The molecule has 0 unspecified atom stereocenters. The van der Waals surface area contributed by atoms with Crippen molar-refractivity contribution in [2.45, 2.75) is 55.3 Å². The SMILES string of the molecule is O=C(N[C@H]1CC[C@@H]2CN(S(=O)(=O)c3cccc(C(F)(F)F)c3)C[C@@H]21)[C@@H]1CCCCN1. The molecule has 0 spiro atoms. The van der Waals surface area contributed by atoms with Crippen molar-refractivity contribution in [3.63, 3.8) is 0 Å². The van der Waals surface area contributed by atoms with Crippen LogP contribution in [-0.2, 0) is 21.0 Å². The number of sulfonamides is 1. The molecule has 1 aromatic rings. The molecule has 2 heterocycles. The molecular weight excluding hydrogens is 419 g/mol. The molecule has 1 saturated carbocycles. The van der Waals surface area contributed by atoms with Crippen molar-refractivity contribution >= 4 is 15.9 Å². The highest BCUT2D eigenvalue weighted by molar-refractivity contribution is 7.89.